The number of aromatic nitrogens is 2. The second kappa shape index (κ2) is 4.70. The lowest BCUT2D eigenvalue weighted by Crippen LogP contribution is -2.22. The van der Waals surface area contributed by atoms with Gasteiger partial charge in [0.15, 0.2) is 0 Å². The predicted octanol–water partition coefficient (Wildman–Crippen LogP) is 2.12. The van der Waals surface area contributed by atoms with Crippen molar-refractivity contribution in [3.8, 4) is 0 Å². The van der Waals surface area contributed by atoms with Gasteiger partial charge < -0.3 is 5.73 Å². The van der Waals surface area contributed by atoms with Crippen LogP contribution >= 0.6 is 0 Å². The monoisotopic (exact) mass is 256 g/mol. The number of hydrogen-bond acceptors (Lipinski definition) is 3. The number of fused-ring (bicyclic) bond motifs is 1. The third kappa shape index (κ3) is 2.36. The van der Waals surface area contributed by atoms with E-state index in [0.29, 0.717) is 6.04 Å². The van der Waals surface area contributed by atoms with E-state index in [1.54, 1.807) is 0 Å². The molecule has 0 spiro atoms. The van der Waals surface area contributed by atoms with Crippen LogP contribution in [0.1, 0.15) is 29.2 Å². The van der Waals surface area contributed by atoms with Crippen LogP contribution in [0, 0.1) is 0 Å². The number of aryl methyl sites for hydroxylation is 2. The van der Waals surface area contributed by atoms with E-state index >= 15 is 0 Å². The molecule has 1 aromatic carbocycles. The summed E-state index contributed by atoms with van der Waals surface area (Å²) in [4.78, 5) is 2.40. The maximum absolute atomic E-state index is 5.85. The molecule has 1 heterocycles. The zero-order valence-corrected chi connectivity index (χ0v) is 11.5. The molecule has 1 atom stereocenters. The summed E-state index contributed by atoms with van der Waals surface area (Å²) >= 11 is 0. The van der Waals surface area contributed by atoms with Crippen molar-refractivity contribution in [2.45, 2.75) is 25.4 Å². The largest absolute Gasteiger partial charge is 0.399 e. The molecular formula is C15H20N4. The maximum atomic E-state index is 5.85. The zero-order valence-electron chi connectivity index (χ0n) is 11.5. The van der Waals surface area contributed by atoms with E-state index in [1.807, 2.05) is 24.0 Å². The van der Waals surface area contributed by atoms with Crippen molar-refractivity contribution in [2.75, 3.05) is 12.8 Å². The Morgan fingerprint density at radius 1 is 1.47 bits per heavy atom. The fourth-order valence-corrected chi connectivity index (χ4v) is 3.02. The Morgan fingerprint density at radius 2 is 2.32 bits per heavy atom. The maximum Gasteiger partial charge on any atom is 0.0534 e. The molecule has 4 heteroatoms. The quantitative estimate of drug-likeness (QED) is 0.856. The molecule has 0 fully saturated rings. The van der Waals surface area contributed by atoms with Crippen molar-refractivity contribution < 1.29 is 0 Å². The molecule has 2 aromatic rings. The molecule has 0 aliphatic heterocycles. The summed E-state index contributed by atoms with van der Waals surface area (Å²) in [5.74, 6) is 0. The normalized spacial score (nSPS) is 17.9. The van der Waals surface area contributed by atoms with Gasteiger partial charge in [0.05, 0.1) is 6.20 Å². The van der Waals surface area contributed by atoms with E-state index in [0.717, 1.165) is 18.7 Å². The minimum atomic E-state index is 0.496. The fraction of sp³-hybridized carbons (Fsp3) is 0.400. The number of nitrogens with two attached hydrogens (primary N) is 1. The predicted molar refractivity (Wildman–Crippen MR) is 76.6 cm³/mol. The topological polar surface area (TPSA) is 47.1 Å². The van der Waals surface area contributed by atoms with Crippen LogP contribution in [0.2, 0.25) is 0 Å². The first-order valence-corrected chi connectivity index (χ1v) is 6.69. The van der Waals surface area contributed by atoms with Gasteiger partial charge in [-0.1, -0.05) is 6.07 Å². The molecule has 0 radical (unpaired) electrons. The number of nitrogen functional groups attached to an aromatic ring is 1. The third-order valence-corrected chi connectivity index (χ3v) is 3.94. The Kier molecular flexibility index (Phi) is 3.03. The van der Waals surface area contributed by atoms with Gasteiger partial charge in [0.1, 0.15) is 0 Å². The van der Waals surface area contributed by atoms with Gasteiger partial charge in [0.25, 0.3) is 0 Å². The average Bonchev–Trinajstić information content (AvgIpc) is 2.95. The molecule has 0 saturated heterocycles. The van der Waals surface area contributed by atoms with Gasteiger partial charge in [-0.3, -0.25) is 9.58 Å². The first-order valence-electron chi connectivity index (χ1n) is 6.69. The molecule has 2 N–H and O–H groups in total. The first-order chi connectivity index (χ1) is 9.13. The van der Waals surface area contributed by atoms with Crippen LogP contribution in [0.4, 0.5) is 5.69 Å². The Morgan fingerprint density at radius 3 is 3.05 bits per heavy atom. The van der Waals surface area contributed by atoms with Crippen LogP contribution < -0.4 is 5.73 Å². The van der Waals surface area contributed by atoms with Crippen molar-refractivity contribution in [3.63, 3.8) is 0 Å². The molecule has 0 amide bonds. The standard InChI is InChI=1S/C15H20N4/c1-18(9-11-8-17-19(2)10-11)15-6-3-12-7-13(16)4-5-14(12)15/h4-5,7-8,10,15H,3,6,9,16H2,1-2H3. The van der Waals surface area contributed by atoms with Crippen molar-refractivity contribution in [1.82, 2.24) is 14.7 Å². The first kappa shape index (κ1) is 12.2. The van der Waals surface area contributed by atoms with Crippen LogP contribution in [-0.4, -0.2) is 21.7 Å². The van der Waals surface area contributed by atoms with E-state index in [9.17, 15) is 0 Å². The Bertz CT molecular complexity index is 588. The summed E-state index contributed by atoms with van der Waals surface area (Å²) in [6, 6.07) is 6.81. The van der Waals surface area contributed by atoms with Crippen LogP contribution in [-0.2, 0) is 20.0 Å². The summed E-state index contributed by atoms with van der Waals surface area (Å²) in [5.41, 5.74) is 10.8. The Hall–Kier alpha value is -1.81. The number of benzene rings is 1. The van der Waals surface area contributed by atoms with Gasteiger partial charge in [-0.2, -0.15) is 5.10 Å². The van der Waals surface area contributed by atoms with Gasteiger partial charge >= 0.3 is 0 Å². The van der Waals surface area contributed by atoms with E-state index in [1.165, 1.54) is 23.1 Å². The number of hydrogen-bond donors (Lipinski definition) is 1. The Labute approximate surface area is 113 Å². The molecule has 0 bridgehead atoms. The molecule has 1 aliphatic carbocycles. The van der Waals surface area contributed by atoms with Gasteiger partial charge in [-0.15, -0.1) is 0 Å². The smallest absolute Gasteiger partial charge is 0.0534 e. The highest BCUT2D eigenvalue weighted by Gasteiger charge is 2.25. The number of anilines is 1. The summed E-state index contributed by atoms with van der Waals surface area (Å²) < 4.78 is 1.85. The van der Waals surface area contributed by atoms with Crippen LogP contribution in [0.5, 0.6) is 0 Å². The Balaban J connectivity index is 1.77. The molecule has 4 nitrogen and oxygen atoms in total. The lowest BCUT2D eigenvalue weighted by Gasteiger charge is -2.24. The van der Waals surface area contributed by atoms with Crippen LogP contribution in [0.15, 0.2) is 30.6 Å². The van der Waals surface area contributed by atoms with Crippen molar-refractivity contribution in [1.29, 1.82) is 0 Å². The molecule has 100 valence electrons. The van der Waals surface area contributed by atoms with E-state index in [-0.39, 0.29) is 0 Å². The third-order valence-electron chi connectivity index (χ3n) is 3.94. The molecular weight excluding hydrogens is 236 g/mol. The molecule has 19 heavy (non-hydrogen) atoms. The second-order valence-corrected chi connectivity index (χ2v) is 5.45. The van der Waals surface area contributed by atoms with Crippen molar-refractivity contribution >= 4 is 5.69 Å². The van der Waals surface area contributed by atoms with Crippen molar-refractivity contribution in [2.24, 2.45) is 7.05 Å². The van der Waals surface area contributed by atoms with E-state index in [2.05, 4.69) is 35.4 Å². The molecule has 3 rings (SSSR count). The van der Waals surface area contributed by atoms with Gasteiger partial charge in [-0.05, 0) is 43.1 Å². The summed E-state index contributed by atoms with van der Waals surface area (Å²) in [7, 11) is 4.14. The molecule has 1 unspecified atom stereocenters. The fourth-order valence-electron chi connectivity index (χ4n) is 3.02. The minimum absolute atomic E-state index is 0.496. The number of rotatable bonds is 3. The number of nitrogens with zero attached hydrogens (tertiary/aromatic N) is 3. The summed E-state index contributed by atoms with van der Waals surface area (Å²) in [6.07, 6.45) is 6.32. The highest BCUT2D eigenvalue weighted by Crippen LogP contribution is 2.36. The van der Waals surface area contributed by atoms with Crippen LogP contribution in [0.3, 0.4) is 0 Å². The van der Waals surface area contributed by atoms with Crippen molar-refractivity contribution in [3.05, 3.63) is 47.3 Å². The molecule has 1 aromatic heterocycles. The zero-order chi connectivity index (χ0) is 13.4. The lowest BCUT2D eigenvalue weighted by atomic mass is 10.1. The second-order valence-electron chi connectivity index (χ2n) is 5.45. The van der Waals surface area contributed by atoms with Gasteiger partial charge in [-0.25, -0.2) is 0 Å². The van der Waals surface area contributed by atoms with E-state index < -0.39 is 0 Å². The highest BCUT2D eigenvalue weighted by molar-refractivity contribution is 5.47. The van der Waals surface area contributed by atoms with E-state index in [4.69, 9.17) is 5.73 Å². The average molecular weight is 256 g/mol. The SMILES string of the molecule is CN(Cc1cnn(C)c1)C1CCc2cc(N)ccc21. The molecule has 0 saturated carbocycles. The summed E-state index contributed by atoms with van der Waals surface area (Å²) in [6.45, 7) is 0.933. The highest BCUT2D eigenvalue weighted by atomic mass is 15.2. The lowest BCUT2D eigenvalue weighted by molar-refractivity contribution is 0.236. The van der Waals surface area contributed by atoms with Crippen LogP contribution in [0.25, 0.3) is 0 Å². The molecule has 1 aliphatic rings. The summed E-state index contributed by atoms with van der Waals surface area (Å²) in [5, 5.41) is 4.23. The van der Waals surface area contributed by atoms with Gasteiger partial charge in [0, 0.05) is 37.1 Å². The minimum Gasteiger partial charge on any atom is -0.399 e. The van der Waals surface area contributed by atoms with Gasteiger partial charge in [0.2, 0.25) is 0 Å².